The molecule has 0 saturated heterocycles. The molecule has 0 N–H and O–H groups in total. The summed E-state index contributed by atoms with van der Waals surface area (Å²) >= 11 is 0. The van der Waals surface area contributed by atoms with Crippen LogP contribution in [-0.4, -0.2) is 0 Å². The zero-order valence-electron chi connectivity index (χ0n) is 21.4. The molecule has 0 aliphatic rings. The van der Waals surface area contributed by atoms with E-state index >= 15 is 0 Å². The molecule has 0 aromatic heterocycles. The predicted octanol–water partition coefficient (Wildman–Crippen LogP) is 10.3. The molecule has 39 heavy (non-hydrogen) atoms. The third-order valence-electron chi connectivity index (χ3n) is 7.32. The van der Waals surface area contributed by atoms with Crippen molar-refractivity contribution in [1.82, 2.24) is 0 Å². The van der Waals surface area contributed by atoms with Gasteiger partial charge < -0.3 is 0 Å². The summed E-state index contributed by atoms with van der Waals surface area (Å²) in [6, 6.07) is 58.5. The SMILES string of the molecule is [U+2].[c-]1ccccc1-c1[c-]cccc1-c1c2ccccc2c(-c2ccc(-c3ccccc3)cc2)c2ccccc12. The molecule has 0 aliphatic carbocycles. The summed E-state index contributed by atoms with van der Waals surface area (Å²) in [5, 5.41) is 4.98. The second-order valence-corrected chi connectivity index (χ2v) is 9.52. The third kappa shape index (κ3) is 4.64. The normalized spacial score (nSPS) is 10.9. The maximum absolute atomic E-state index is 3.52. The summed E-state index contributed by atoms with van der Waals surface area (Å²) < 4.78 is 0. The van der Waals surface area contributed by atoms with Gasteiger partial charge in [0.15, 0.2) is 0 Å². The minimum Gasteiger partial charge on any atom is -0.226 e. The van der Waals surface area contributed by atoms with Gasteiger partial charge in [-0.1, -0.05) is 109 Å². The van der Waals surface area contributed by atoms with Gasteiger partial charge in [-0.3, -0.25) is 0 Å². The first kappa shape index (κ1) is 25.4. The Labute approximate surface area is 253 Å². The number of hydrogen-bond acceptors (Lipinski definition) is 0. The molecule has 0 nitrogen and oxygen atoms in total. The van der Waals surface area contributed by atoms with Crippen LogP contribution >= 0.6 is 0 Å². The summed E-state index contributed by atoms with van der Waals surface area (Å²) in [6.45, 7) is 0. The van der Waals surface area contributed by atoms with Crippen LogP contribution in [-0.2, 0) is 0 Å². The molecule has 0 fully saturated rings. The molecule has 180 valence electrons. The smallest absolute Gasteiger partial charge is 0.226 e. The summed E-state index contributed by atoms with van der Waals surface area (Å²) in [6.07, 6.45) is 0. The molecular weight excluding hydrogens is 694 g/mol. The van der Waals surface area contributed by atoms with Gasteiger partial charge in [-0.25, -0.2) is 11.1 Å². The van der Waals surface area contributed by atoms with Crippen molar-refractivity contribution in [2.24, 2.45) is 0 Å². The second-order valence-electron chi connectivity index (χ2n) is 9.52. The van der Waals surface area contributed by atoms with Gasteiger partial charge in [0, 0.05) is 0 Å². The van der Waals surface area contributed by atoms with Crippen molar-refractivity contribution in [2.75, 3.05) is 0 Å². The fourth-order valence-corrected chi connectivity index (χ4v) is 5.61. The Hall–Kier alpha value is -3.89. The van der Waals surface area contributed by atoms with Crippen LogP contribution in [0.4, 0.5) is 0 Å². The van der Waals surface area contributed by atoms with Crippen molar-refractivity contribution in [3.8, 4) is 44.5 Å². The van der Waals surface area contributed by atoms with Crippen LogP contribution in [0, 0.1) is 43.2 Å². The van der Waals surface area contributed by atoms with Gasteiger partial charge in [-0.15, -0.1) is 23.8 Å². The monoisotopic (exact) mass is 718 g/mol. The molecule has 7 aromatic carbocycles. The Bertz CT molecular complexity index is 1830. The quantitative estimate of drug-likeness (QED) is 0.126. The molecule has 0 atom stereocenters. The predicted molar refractivity (Wildman–Crippen MR) is 161 cm³/mol. The van der Waals surface area contributed by atoms with Crippen LogP contribution in [0.1, 0.15) is 0 Å². The van der Waals surface area contributed by atoms with E-state index in [-0.39, 0.29) is 31.1 Å². The van der Waals surface area contributed by atoms with E-state index < -0.39 is 0 Å². The van der Waals surface area contributed by atoms with Gasteiger partial charge in [-0.2, -0.15) is 36.4 Å². The number of hydrogen-bond donors (Lipinski definition) is 0. The topological polar surface area (TPSA) is 0 Å². The zero-order chi connectivity index (χ0) is 25.3. The minimum atomic E-state index is 0. The molecule has 0 unspecified atom stereocenters. The first-order chi connectivity index (χ1) is 18.9. The number of rotatable bonds is 4. The Balaban J connectivity index is 0.00000277. The maximum Gasteiger partial charge on any atom is 2.00 e. The van der Waals surface area contributed by atoms with E-state index in [2.05, 4.69) is 140 Å². The maximum atomic E-state index is 3.52. The Morgan fingerprint density at radius 3 is 1.49 bits per heavy atom. The molecule has 0 amide bonds. The fraction of sp³-hybridized carbons (Fsp3) is 0. The summed E-state index contributed by atoms with van der Waals surface area (Å²) in [4.78, 5) is 0. The Morgan fingerprint density at radius 1 is 0.359 bits per heavy atom. The van der Waals surface area contributed by atoms with E-state index in [1.165, 1.54) is 54.9 Å². The van der Waals surface area contributed by atoms with Crippen molar-refractivity contribution >= 4 is 21.5 Å². The molecule has 7 rings (SSSR count). The van der Waals surface area contributed by atoms with Crippen LogP contribution in [0.5, 0.6) is 0 Å². The summed E-state index contributed by atoms with van der Waals surface area (Å²) in [5.74, 6) is 0. The largest absolute Gasteiger partial charge is 2.00 e. The molecule has 7 aromatic rings. The van der Waals surface area contributed by atoms with E-state index in [9.17, 15) is 0 Å². The average molecular weight is 719 g/mol. The molecule has 1 heteroatoms. The van der Waals surface area contributed by atoms with Crippen LogP contribution in [0.2, 0.25) is 0 Å². The molecule has 0 radical (unpaired) electrons. The van der Waals surface area contributed by atoms with Crippen molar-refractivity contribution in [2.45, 2.75) is 0 Å². The second kappa shape index (κ2) is 11.1. The van der Waals surface area contributed by atoms with Crippen molar-refractivity contribution in [3.63, 3.8) is 0 Å². The van der Waals surface area contributed by atoms with Gasteiger partial charge in [-0.05, 0) is 43.8 Å². The Kier molecular flexibility index (Phi) is 7.21. The minimum absolute atomic E-state index is 0. The zero-order valence-corrected chi connectivity index (χ0v) is 25.5. The molecular formula is C38H24U. The first-order valence-electron chi connectivity index (χ1n) is 13.0. The number of benzene rings is 7. The van der Waals surface area contributed by atoms with Gasteiger partial charge in [0.05, 0.1) is 0 Å². The first-order valence-corrected chi connectivity index (χ1v) is 13.0. The fourth-order valence-electron chi connectivity index (χ4n) is 5.61. The van der Waals surface area contributed by atoms with Crippen LogP contribution in [0.25, 0.3) is 66.1 Å². The van der Waals surface area contributed by atoms with Crippen LogP contribution in [0.3, 0.4) is 0 Å². The molecule has 0 bridgehead atoms. The summed E-state index contributed by atoms with van der Waals surface area (Å²) in [7, 11) is 0. The van der Waals surface area contributed by atoms with Crippen LogP contribution in [0.15, 0.2) is 146 Å². The van der Waals surface area contributed by atoms with Crippen LogP contribution < -0.4 is 0 Å². The van der Waals surface area contributed by atoms with Gasteiger partial charge >= 0.3 is 31.1 Å². The van der Waals surface area contributed by atoms with Gasteiger partial charge in [0.1, 0.15) is 0 Å². The number of fused-ring (bicyclic) bond motifs is 2. The average Bonchev–Trinajstić information content (AvgIpc) is 3.01. The Morgan fingerprint density at radius 2 is 0.872 bits per heavy atom. The third-order valence-corrected chi connectivity index (χ3v) is 7.32. The molecule has 0 spiro atoms. The van der Waals surface area contributed by atoms with E-state index in [1.54, 1.807) is 0 Å². The molecule has 0 saturated carbocycles. The van der Waals surface area contributed by atoms with E-state index in [0.29, 0.717) is 0 Å². The summed E-state index contributed by atoms with van der Waals surface area (Å²) in [5.41, 5.74) is 9.49. The standard InChI is InChI=1S/C38H24.U/c1-3-13-27(14-4-1)28-23-25-30(26-24-28)37-33-19-9-11-21-35(33)38(36-22-12-10-20-34(36)37)32-18-8-7-17-31(32)29-15-5-2-6-16-29;/h1-15,18-26H;/q-2;+2. The van der Waals surface area contributed by atoms with E-state index in [0.717, 1.165) is 11.1 Å². The molecule has 0 aliphatic heterocycles. The van der Waals surface area contributed by atoms with Crippen molar-refractivity contribution in [3.05, 3.63) is 158 Å². The van der Waals surface area contributed by atoms with E-state index in [1.807, 2.05) is 18.2 Å². The van der Waals surface area contributed by atoms with Crippen molar-refractivity contribution < 1.29 is 31.1 Å². The van der Waals surface area contributed by atoms with Gasteiger partial charge in [0.25, 0.3) is 0 Å². The van der Waals surface area contributed by atoms with Crippen molar-refractivity contribution in [1.29, 1.82) is 0 Å². The van der Waals surface area contributed by atoms with Gasteiger partial charge in [0.2, 0.25) is 0 Å². The molecule has 0 heterocycles. The van der Waals surface area contributed by atoms with E-state index in [4.69, 9.17) is 0 Å².